The standard InChI is InChI=1S/C25H42N6O/c1-5-26-25(28-22-10-13-31(19-22)24(32)20(2)3)27-11-7-12-29-14-16-30(17-15-29)23-9-6-8-21(4)18-23/h6,8-9,18,20,22H,5,7,10-17,19H2,1-4H3,(H2,26,27,28). The third-order valence-corrected chi connectivity index (χ3v) is 6.32. The Morgan fingerprint density at radius 3 is 2.66 bits per heavy atom. The Hall–Kier alpha value is -2.28. The van der Waals surface area contributed by atoms with Crippen LogP contribution in [0.1, 0.15) is 39.2 Å². The van der Waals surface area contributed by atoms with Gasteiger partial charge in [0.25, 0.3) is 0 Å². The molecule has 0 aromatic heterocycles. The zero-order chi connectivity index (χ0) is 22.9. The Kier molecular flexibility index (Phi) is 9.21. The lowest BCUT2D eigenvalue weighted by molar-refractivity contribution is -0.133. The van der Waals surface area contributed by atoms with Crippen molar-refractivity contribution in [2.45, 2.75) is 46.6 Å². The van der Waals surface area contributed by atoms with Crippen LogP contribution in [0.2, 0.25) is 0 Å². The molecule has 3 rings (SSSR count). The fourth-order valence-corrected chi connectivity index (χ4v) is 4.50. The van der Waals surface area contributed by atoms with Crippen molar-refractivity contribution in [3.8, 4) is 0 Å². The van der Waals surface area contributed by atoms with E-state index in [2.05, 4.69) is 58.5 Å². The molecule has 2 fully saturated rings. The Bertz CT molecular complexity index is 757. The highest BCUT2D eigenvalue weighted by atomic mass is 16.2. The van der Waals surface area contributed by atoms with Gasteiger partial charge in [0.15, 0.2) is 5.96 Å². The molecule has 1 aromatic rings. The maximum absolute atomic E-state index is 12.2. The number of carbonyl (C=O) groups excluding carboxylic acids is 1. The van der Waals surface area contributed by atoms with E-state index in [-0.39, 0.29) is 17.9 Å². The molecule has 7 heteroatoms. The number of benzene rings is 1. The van der Waals surface area contributed by atoms with Crippen LogP contribution >= 0.6 is 0 Å². The van der Waals surface area contributed by atoms with Gasteiger partial charge in [0.2, 0.25) is 5.91 Å². The molecule has 2 N–H and O–H groups in total. The minimum absolute atomic E-state index is 0.0642. The summed E-state index contributed by atoms with van der Waals surface area (Å²) in [6.45, 7) is 16.9. The smallest absolute Gasteiger partial charge is 0.225 e. The first-order valence-electron chi connectivity index (χ1n) is 12.3. The van der Waals surface area contributed by atoms with Crippen LogP contribution in [0.25, 0.3) is 0 Å². The molecule has 0 aliphatic carbocycles. The van der Waals surface area contributed by atoms with E-state index < -0.39 is 0 Å². The van der Waals surface area contributed by atoms with E-state index in [1.54, 1.807) is 0 Å². The third kappa shape index (κ3) is 7.12. The molecule has 1 amide bonds. The molecule has 0 saturated carbocycles. The van der Waals surface area contributed by atoms with Crippen LogP contribution in [0.15, 0.2) is 29.3 Å². The molecule has 2 heterocycles. The summed E-state index contributed by atoms with van der Waals surface area (Å²) in [6.07, 6.45) is 2.04. The predicted molar refractivity (Wildman–Crippen MR) is 133 cm³/mol. The van der Waals surface area contributed by atoms with Gasteiger partial charge in [-0.25, -0.2) is 0 Å². The predicted octanol–water partition coefficient (Wildman–Crippen LogP) is 2.32. The van der Waals surface area contributed by atoms with Crippen molar-refractivity contribution in [3.05, 3.63) is 29.8 Å². The van der Waals surface area contributed by atoms with Crippen LogP contribution in [-0.4, -0.2) is 86.6 Å². The summed E-state index contributed by atoms with van der Waals surface area (Å²) in [4.78, 5) is 24.0. The van der Waals surface area contributed by atoms with Gasteiger partial charge in [0.05, 0.1) is 0 Å². The number of rotatable bonds is 8. The van der Waals surface area contributed by atoms with Crippen LogP contribution in [-0.2, 0) is 4.79 Å². The van der Waals surface area contributed by atoms with Gasteiger partial charge < -0.3 is 20.4 Å². The lowest BCUT2D eigenvalue weighted by Gasteiger charge is -2.36. The number of likely N-dealkylation sites (tertiary alicyclic amines) is 1. The van der Waals surface area contributed by atoms with E-state index >= 15 is 0 Å². The summed E-state index contributed by atoms with van der Waals surface area (Å²) < 4.78 is 0. The maximum Gasteiger partial charge on any atom is 0.225 e. The summed E-state index contributed by atoms with van der Waals surface area (Å²) in [5.41, 5.74) is 2.67. The highest BCUT2D eigenvalue weighted by molar-refractivity contribution is 5.81. The fraction of sp³-hybridized carbons (Fsp3) is 0.680. The first kappa shape index (κ1) is 24.4. The van der Waals surface area contributed by atoms with Crippen LogP contribution in [0, 0.1) is 12.8 Å². The van der Waals surface area contributed by atoms with Gasteiger partial charge >= 0.3 is 0 Å². The molecule has 1 atom stereocenters. The quantitative estimate of drug-likeness (QED) is 0.368. The molecule has 178 valence electrons. The average Bonchev–Trinajstić information content (AvgIpc) is 3.25. The van der Waals surface area contributed by atoms with Crippen molar-refractivity contribution >= 4 is 17.6 Å². The van der Waals surface area contributed by atoms with Crippen LogP contribution in [0.4, 0.5) is 5.69 Å². The molecule has 0 spiro atoms. The maximum atomic E-state index is 12.2. The number of aryl methyl sites for hydroxylation is 1. The largest absolute Gasteiger partial charge is 0.369 e. The molecule has 2 aliphatic rings. The van der Waals surface area contributed by atoms with Crippen molar-refractivity contribution < 1.29 is 4.79 Å². The lowest BCUT2D eigenvalue weighted by Crippen LogP contribution is -2.47. The summed E-state index contributed by atoms with van der Waals surface area (Å²) in [5.74, 6) is 1.19. The van der Waals surface area contributed by atoms with Gasteiger partial charge in [-0.1, -0.05) is 26.0 Å². The van der Waals surface area contributed by atoms with Crippen molar-refractivity contribution in [2.24, 2.45) is 10.9 Å². The molecule has 1 aromatic carbocycles. The van der Waals surface area contributed by atoms with Crippen LogP contribution in [0.5, 0.6) is 0 Å². The molecule has 0 bridgehead atoms. The summed E-state index contributed by atoms with van der Waals surface area (Å²) in [7, 11) is 0. The van der Waals surface area contributed by atoms with E-state index in [1.807, 2.05) is 18.7 Å². The summed E-state index contributed by atoms with van der Waals surface area (Å²) in [6, 6.07) is 9.09. The number of piperazine rings is 1. The van der Waals surface area contributed by atoms with Crippen molar-refractivity contribution in [3.63, 3.8) is 0 Å². The number of anilines is 1. The highest BCUT2D eigenvalue weighted by Crippen LogP contribution is 2.18. The number of hydrogen-bond acceptors (Lipinski definition) is 4. The Morgan fingerprint density at radius 2 is 1.97 bits per heavy atom. The van der Waals surface area contributed by atoms with Gasteiger partial charge in [-0.15, -0.1) is 0 Å². The highest BCUT2D eigenvalue weighted by Gasteiger charge is 2.28. The Balaban J connectivity index is 1.38. The van der Waals surface area contributed by atoms with Crippen molar-refractivity contribution in [1.29, 1.82) is 0 Å². The Labute approximate surface area is 194 Å². The molecular formula is C25H42N6O. The zero-order valence-corrected chi connectivity index (χ0v) is 20.4. The third-order valence-electron chi connectivity index (χ3n) is 6.32. The molecule has 2 saturated heterocycles. The van der Waals surface area contributed by atoms with Crippen molar-refractivity contribution in [1.82, 2.24) is 20.4 Å². The number of hydrogen-bond donors (Lipinski definition) is 2. The number of nitrogens with one attached hydrogen (secondary N) is 2. The molecule has 0 radical (unpaired) electrons. The lowest BCUT2D eigenvalue weighted by atomic mass is 10.2. The SMILES string of the molecule is CCNC(=NCCCN1CCN(c2cccc(C)c2)CC1)NC1CCN(C(=O)C(C)C)C1. The van der Waals surface area contributed by atoms with E-state index in [1.165, 1.54) is 11.3 Å². The summed E-state index contributed by atoms with van der Waals surface area (Å²) >= 11 is 0. The average molecular weight is 443 g/mol. The van der Waals surface area contributed by atoms with Gasteiger partial charge in [-0.05, 0) is 44.4 Å². The fourth-order valence-electron chi connectivity index (χ4n) is 4.50. The van der Waals surface area contributed by atoms with E-state index in [0.717, 1.165) is 77.7 Å². The monoisotopic (exact) mass is 442 g/mol. The van der Waals surface area contributed by atoms with Gasteiger partial charge in [-0.3, -0.25) is 14.7 Å². The molecular weight excluding hydrogens is 400 g/mol. The first-order chi connectivity index (χ1) is 15.5. The second-order valence-corrected chi connectivity index (χ2v) is 9.35. The number of nitrogens with zero attached hydrogens (tertiary/aromatic N) is 4. The first-order valence-corrected chi connectivity index (χ1v) is 12.3. The summed E-state index contributed by atoms with van der Waals surface area (Å²) in [5, 5.41) is 6.89. The van der Waals surface area contributed by atoms with E-state index in [0.29, 0.717) is 0 Å². The minimum Gasteiger partial charge on any atom is -0.369 e. The van der Waals surface area contributed by atoms with Crippen molar-refractivity contribution in [2.75, 3.05) is 63.8 Å². The van der Waals surface area contributed by atoms with Gasteiger partial charge in [0, 0.05) is 76.5 Å². The zero-order valence-electron chi connectivity index (χ0n) is 20.4. The van der Waals surface area contributed by atoms with Crippen LogP contribution in [0.3, 0.4) is 0 Å². The molecule has 1 unspecified atom stereocenters. The second-order valence-electron chi connectivity index (χ2n) is 9.35. The van der Waals surface area contributed by atoms with Gasteiger partial charge in [0.1, 0.15) is 0 Å². The molecule has 2 aliphatic heterocycles. The second kappa shape index (κ2) is 12.1. The normalized spacial score (nSPS) is 20.2. The number of guanidine groups is 1. The Morgan fingerprint density at radius 1 is 1.19 bits per heavy atom. The number of aliphatic imine (C=N–C) groups is 1. The van der Waals surface area contributed by atoms with E-state index in [4.69, 9.17) is 4.99 Å². The molecule has 7 nitrogen and oxygen atoms in total. The van der Waals surface area contributed by atoms with Crippen LogP contribution < -0.4 is 15.5 Å². The molecule has 32 heavy (non-hydrogen) atoms. The minimum atomic E-state index is 0.0642. The number of amides is 1. The van der Waals surface area contributed by atoms with Gasteiger partial charge in [-0.2, -0.15) is 0 Å². The number of carbonyl (C=O) groups is 1. The van der Waals surface area contributed by atoms with E-state index in [9.17, 15) is 4.79 Å². The topological polar surface area (TPSA) is 63.2 Å².